The van der Waals surface area contributed by atoms with E-state index in [1.165, 1.54) is 5.56 Å². The van der Waals surface area contributed by atoms with Crippen LogP contribution in [0.5, 0.6) is 0 Å². The lowest BCUT2D eigenvalue weighted by molar-refractivity contribution is 0.587. The van der Waals surface area contributed by atoms with Crippen molar-refractivity contribution in [2.75, 3.05) is 9.34 Å². The first-order valence-corrected chi connectivity index (χ1v) is 14.6. The van der Waals surface area contributed by atoms with Gasteiger partial charge in [-0.25, -0.2) is 0 Å². The molecule has 0 aromatic heterocycles. The second-order valence-corrected chi connectivity index (χ2v) is 11.7. The number of benzene rings is 5. The third-order valence-corrected chi connectivity index (χ3v) is 9.23. The lowest BCUT2D eigenvalue weighted by Gasteiger charge is -2.26. The van der Waals surface area contributed by atoms with Crippen molar-refractivity contribution in [1.82, 2.24) is 0 Å². The molecule has 5 aromatic rings. The number of hydrogen-bond donors (Lipinski definition) is 0. The van der Waals surface area contributed by atoms with Crippen molar-refractivity contribution >= 4 is 19.5 Å². The van der Waals surface area contributed by atoms with Crippen molar-refractivity contribution in [3.8, 4) is 11.1 Å². The Balaban J connectivity index is 1.64. The van der Waals surface area contributed by atoms with E-state index < -0.39 is 8.10 Å². The number of anilines is 2. The SMILES string of the molecule is Cc1cc(C)c(N2[C@@H](c3ccccc3)[C@H](c3ccccc3)N(c3ccccc3-c3ccccc3)[P+]2=O)c(C)c1. The Morgan fingerprint density at radius 1 is 0.564 bits per heavy atom. The van der Waals surface area contributed by atoms with Gasteiger partial charge < -0.3 is 0 Å². The summed E-state index contributed by atoms with van der Waals surface area (Å²) < 4.78 is 19.4. The van der Waals surface area contributed by atoms with E-state index in [-0.39, 0.29) is 12.1 Å². The maximum absolute atomic E-state index is 15.0. The van der Waals surface area contributed by atoms with Gasteiger partial charge in [-0.1, -0.05) is 127 Å². The molecule has 0 radical (unpaired) electrons. The van der Waals surface area contributed by atoms with Gasteiger partial charge >= 0.3 is 8.10 Å². The standard InChI is InChI=1S/C35H32N2OP/c1-25-23-26(2)33(27(3)24-25)37-35(30-19-11-6-12-20-30)34(29-17-9-5-10-18-29)36(39(37)38)32-22-14-13-21-31(32)28-15-7-4-8-16-28/h4-24,34-35H,1-3H3/q+1/t34-,35-/m0/s1. The summed E-state index contributed by atoms with van der Waals surface area (Å²) in [5.74, 6) is 0. The molecule has 1 saturated heterocycles. The molecule has 0 amide bonds. The highest BCUT2D eigenvalue weighted by molar-refractivity contribution is 7.49. The molecule has 192 valence electrons. The van der Waals surface area contributed by atoms with E-state index in [9.17, 15) is 0 Å². The highest BCUT2D eigenvalue weighted by Gasteiger charge is 2.59. The van der Waals surface area contributed by atoms with Crippen LogP contribution in [-0.4, -0.2) is 0 Å². The summed E-state index contributed by atoms with van der Waals surface area (Å²) in [5, 5.41) is 0. The smallest absolute Gasteiger partial charge is 0.134 e. The van der Waals surface area contributed by atoms with Gasteiger partial charge in [0, 0.05) is 5.56 Å². The van der Waals surface area contributed by atoms with Crippen molar-refractivity contribution in [2.24, 2.45) is 0 Å². The molecule has 0 aliphatic carbocycles. The van der Waals surface area contributed by atoms with Crippen LogP contribution in [0.25, 0.3) is 11.1 Å². The minimum Gasteiger partial charge on any atom is -0.134 e. The zero-order valence-electron chi connectivity index (χ0n) is 22.5. The largest absolute Gasteiger partial charge is 0.597 e. The molecule has 6 rings (SSSR count). The quantitative estimate of drug-likeness (QED) is 0.213. The predicted octanol–water partition coefficient (Wildman–Crippen LogP) is 9.75. The second-order valence-electron chi connectivity index (χ2n) is 10.3. The number of hydrogen-bond acceptors (Lipinski definition) is 1. The van der Waals surface area contributed by atoms with Crippen LogP contribution in [0.2, 0.25) is 0 Å². The molecule has 0 spiro atoms. The Morgan fingerprint density at radius 3 is 1.59 bits per heavy atom. The highest BCUT2D eigenvalue weighted by Crippen LogP contribution is 2.63. The first-order valence-electron chi connectivity index (χ1n) is 13.4. The molecule has 1 aliphatic rings. The molecule has 1 aliphatic heterocycles. The average molecular weight is 528 g/mol. The number of aryl methyl sites for hydroxylation is 3. The van der Waals surface area contributed by atoms with E-state index in [4.69, 9.17) is 0 Å². The summed E-state index contributed by atoms with van der Waals surface area (Å²) in [6.07, 6.45) is 0. The highest BCUT2D eigenvalue weighted by atomic mass is 31.1. The van der Waals surface area contributed by atoms with E-state index in [0.29, 0.717) is 0 Å². The van der Waals surface area contributed by atoms with Crippen LogP contribution in [0.3, 0.4) is 0 Å². The van der Waals surface area contributed by atoms with Gasteiger partial charge in [-0.2, -0.15) is 0 Å². The van der Waals surface area contributed by atoms with Crippen LogP contribution < -0.4 is 9.34 Å². The molecule has 39 heavy (non-hydrogen) atoms. The summed E-state index contributed by atoms with van der Waals surface area (Å²) in [4.78, 5) is 0. The van der Waals surface area contributed by atoms with E-state index in [0.717, 1.165) is 44.8 Å². The van der Waals surface area contributed by atoms with E-state index in [1.54, 1.807) is 0 Å². The summed E-state index contributed by atoms with van der Waals surface area (Å²) in [5.41, 5.74) is 10.00. The van der Waals surface area contributed by atoms with Gasteiger partial charge in [0.05, 0.1) is 11.4 Å². The van der Waals surface area contributed by atoms with Crippen LogP contribution in [0.4, 0.5) is 11.4 Å². The Hall–Kier alpha value is -4.20. The first-order chi connectivity index (χ1) is 19.0. The fraction of sp³-hybridized carbons (Fsp3) is 0.143. The van der Waals surface area contributed by atoms with Gasteiger partial charge in [0.15, 0.2) is 0 Å². The fourth-order valence-corrected chi connectivity index (χ4v) is 8.07. The van der Waals surface area contributed by atoms with Crippen molar-refractivity contribution in [2.45, 2.75) is 32.9 Å². The Morgan fingerprint density at radius 2 is 1.03 bits per heavy atom. The summed E-state index contributed by atoms with van der Waals surface area (Å²) in [7, 11) is -2.00. The molecule has 1 unspecified atom stereocenters. The number of nitrogens with zero attached hydrogens (tertiary/aromatic N) is 2. The van der Waals surface area contributed by atoms with Crippen molar-refractivity contribution in [3.05, 3.63) is 155 Å². The number of para-hydroxylation sites is 1. The minimum atomic E-state index is -2.00. The van der Waals surface area contributed by atoms with Crippen LogP contribution in [0, 0.1) is 20.8 Å². The molecule has 4 heteroatoms. The van der Waals surface area contributed by atoms with Crippen molar-refractivity contribution in [3.63, 3.8) is 0 Å². The molecule has 0 bridgehead atoms. The van der Waals surface area contributed by atoms with Gasteiger partial charge in [-0.05, 0) is 59.2 Å². The van der Waals surface area contributed by atoms with Crippen molar-refractivity contribution < 1.29 is 4.57 Å². The van der Waals surface area contributed by atoms with Gasteiger partial charge in [-0.3, -0.25) is 0 Å². The molecular formula is C35H32N2OP+. The lowest BCUT2D eigenvalue weighted by atomic mass is 9.91. The summed E-state index contributed by atoms with van der Waals surface area (Å²) in [6, 6.07) is 43.9. The van der Waals surface area contributed by atoms with Crippen LogP contribution in [-0.2, 0) is 4.57 Å². The van der Waals surface area contributed by atoms with Gasteiger partial charge in [0.2, 0.25) is 0 Å². The predicted molar refractivity (Wildman–Crippen MR) is 163 cm³/mol. The zero-order chi connectivity index (χ0) is 26.9. The van der Waals surface area contributed by atoms with Gasteiger partial charge in [0.25, 0.3) is 0 Å². The van der Waals surface area contributed by atoms with Crippen LogP contribution in [0.1, 0.15) is 39.9 Å². The molecule has 0 N–H and O–H groups in total. The Bertz CT molecular complexity index is 1600. The molecule has 3 nitrogen and oxygen atoms in total. The second kappa shape index (κ2) is 10.5. The van der Waals surface area contributed by atoms with E-state index in [2.05, 4.69) is 139 Å². The van der Waals surface area contributed by atoms with Crippen molar-refractivity contribution in [1.29, 1.82) is 0 Å². The number of rotatable bonds is 5. The average Bonchev–Trinajstić information content (AvgIpc) is 3.26. The molecule has 3 atom stereocenters. The first kappa shape index (κ1) is 25.1. The van der Waals surface area contributed by atoms with Gasteiger partial charge in [-0.15, -0.1) is 9.34 Å². The third kappa shape index (κ3) is 4.54. The van der Waals surface area contributed by atoms with Gasteiger partial charge in [0.1, 0.15) is 12.1 Å². The monoisotopic (exact) mass is 527 g/mol. The third-order valence-electron chi connectivity index (χ3n) is 7.58. The fourth-order valence-electron chi connectivity index (χ4n) is 6.07. The maximum atomic E-state index is 15.0. The molecule has 5 aromatic carbocycles. The minimum absolute atomic E-state index is 0.152. The zero-order valence-corrected chi connectivity index (χ0v) is 23.4. The maximum Gasteiger partial charge on any atom is 0.597 e. The van der Waals surface area contributed by atoms with E-state index >= 15 is 4.57 Å². The topological polar surface area (TPSA) is 23.6 Å². The molecular weight excluding hydrogens is 495 g/mol. The normalized spacial score (nSPS) is 18.0. The molecule has 1 fully saturated rings. The lowest BCUT2D eigenvalue weighted by Crippen LogP contribution is -2.24. The summed E-state index contributed by atoms with van der Waals surface area (Å²) in [6.45, 7) is 6.40. The molecule has 1 heterocycles. The van der Waals surface area contributed by atoms with E-state index in [1.807, 2.05) is 18.2 Å². The Labute approximate surface area is 232 Å². The molecule has 0 saturated carbocycles. The van der Waals surface area contributed by atoms with Crippen LogP contribution >= 0.6 is 8.10 Å². The van der Waals surface area contributed by atoms with Crippen LogP contribution in [0.15, 0.2) is 127 Å². The Kier molecular flexibility index (Phi) is 6.77. The summed E-state index contributed by atoms with van der Waals surface area (Å²) >= 11 is 0.